The largest absolute Gasteiger partial charge is 0.493 e. The summed E-state index contributed by atoms with van der Waals surface area (Å²) in [6, 6.07) is 10.6. The Hall–Kier alpha value is -3.07. The molecule has 1 unspecified atom stereocenters. The Bertz CT molecular complexity index is 1320. The van der Waals surface area contributed by atoms with Crippen molar-refractivity contribution in [3.05, 3.63) is 53.1 Å². The molecular weight excluding hydrogens is 480 g/mol. The first-order valence-electron chi connectivity index (χ1n) is 12.1. The smallest absolute Gasteiger partial charge is 0.257 e. The van der Waals surface area contributed by atoms with Gasteiger partial charge in [0.1, 0.15) is 0 Å². The van der Waals surface area contributed by atoms with E-state index in [2.05, 4.69) is 5.32 Å². The van der Waals surface area contributed by atoms with Crippen LogP contribution in [0.15, 0.2) is 36.4 Å². The molecule has 0 bridgehead atoms. The highest BCUT2D eigenvalue weighted by Gasteiger charge is 2.56. The molecule has 2 aromatic rings. The third-order valence-corrected chi connectivity index (χ3v) is 10.1. The minimum atomic E-state index is -3.66. The summed E-state index contributed by atoms with van der Waals surface area (Å²) < 4.78 is 36.2. The number of hydrogen-bond donors (Lipinski definition) is 1. The number of anilines is 1. The van der Waals surface area contributed by atoms with Crippen molar-refractivity contribution in [3.63, 3.8) is 0 Å². The number of methoxy groups -OCH3 is 1. The normalized spacial score (nSPS) is 17.4. The van der Waals surface area contributed by atoms with Crippen LogP contribution in [0.3, 0.4) is 0 Å². The second kappa shape index (κ2) is 9.10. The number of ether oxygens (including phenoxy) is 2. The molecule has 1 atom stereocenters. The highest BCUT2D eigenvalue weighted by molar-refractivity contribution is 7.92. The molecule has 1 N–H and O–H groups in total. The van der Waals surface area contributed by atoms with Crippen LogP contribution in [0.4, 0.5) is 5.69 Å². The molecule has 2 amide bonds. The Balaban J connectivity index is 1.86. The first kappa shape index (κ1) is 26.0. The predicted molar refractivity (Wildman–Crippen MR) is 138 cm³/mol. The molecule has 36 heavy (non-hydrogen) atoms. The molecule has 194 valence electrons. The summed E-state index contributed by atoms with van der Waals surface area (Å²) in [7, 11) is -2.13. The maximum absolute atomic E-state index is 14.0. The summed E-state index contributed by atoms with van der Waals surface area (Å²) in [5.41, 5.74) is 0.920. The van der Waals surface area contributed by atoms with Crippen LogP contribution in [-0.2, 0) is 26.7 Å². The summed E-state index contributed by atoms with van der Waals surface area (Å²) in [6.45, 7) is 7.50. The second-order valence-electron chi connectivity index (χ2n) is 10.1. The van der Waals surface area contributed by atoms with Gasteiger partial charge in [0, 0.05) is 18.7 Å². The standard InChI is InChI=1S/C27H34N2O6S/c1-7-35-22-15-19(13-14-21(22)34-5)27(4,26(2,3)36(6,32)33)29-16-18-9-8-10-20(23(18)25(29)31)28-24(30)17-11-12-17/h8-10,13-15,17H,7,11-12,16H2,1-6H3,(H,28,30). The van der Waals surface area contributed by atoms with Gasteiger partial charge in [-0.1, -0.05) is 18.2 Å². The number of carbonyl (C=O) groups is 2. The number of nitrogens with one attached hydrogen (secondary N) is 1. The van der Waals surface area contributed by atoms with Crippen molar-refractivity contribution in [1.82, 2.24) is 4.90 Å². The van der Waals surface area contributed by atoms with Gasteiger partial charge in [-0.25, -0.2) is 8.42 Å². The van der Waals surface area contributed by atoms with Crippen molar-refractivity contribution in [1.29, 1.82) is 0 Å². The van der Waals surface area contributed by atoms with Gasteiger partial charge in [-0.05, 0) is 69.9 Å². The van der Waals surface area contributed by atoms with Crippen LogP contribution in [0.1, 0.15) is 62.0 Å². The SMILES string of the molecule is CCOc1cc(C(C)(N2Cc3cccc(NC(=O)C4CC4)c3C2=O)C(C)(C)S(C)(=O)=O)ccc1OC. The zero-order chi connectivity index (χ0) is 26.5. The maximum atomic E-state index is 14.0. The van der Waals surface area contributed by atoms with Crippen molar-refractivity contribution in [2.45, 2.75) is 57.4 Å². The van der Waals surface area contributed by atoms with E-state index in [0.717, 1.165) is 18.4 Å². The van der Waals surface area contributed by atoms with Gasteiger partial charge in [-0.2, -0.15) is 0 Å². The Morgan fingerprint density at radius 3 is 2.42 bits per heavy atom. The van der Waals surface area contributed by atoms with E-state index in [0.29, 0.717) is 34.9 Å². The van der Waals surface area contributed by atoms with E-state index in [1.807, 2.05) is 13.0 Å². The minimum absolute atomic E-state index is 0.0146. The van der Waals surface area contributed by atoms with Crippen LogP contribution in [0.5, 0.6) is 11.5 Å². The first-order chi connectivity index (χ1) is 16.9. The lowest BCUT2D eigenvalue weighted by Gasteiger charge is -2.49. The monoisotopic (exact) mass is 514 g/mol. The fourth-order valence-corrected chi connectivity index (χ4v) is 5.79. The third kappa shape index (κ3) is 4.13. The lowest BCUT2D eigenvalue weighted by atomic mass is 9.79. The van der Waals surface area contributed by atoms with E-state index < -0.39 is 20.1 Å². The number of carbonyl (C=O) groups excluding carboxylic acids is 2. The molecule has 0 radical (unpaired) electrons. The zero-order valence-corrected chi connectivity index (χ0v) is 22.5. The highest BCUT2D eigenvalue weighted by atomic mass is 32.2. The van der Waals surface area contributed by atoms with Crippen LogP contribution in [0.25, 0.3) is 0 Å². The average Bonchev–Trinajstić information content (AvgIpc) is 3.61. The van der Waals surface area contributed by atoms with Crippen molar-refractivity contribution in [2.24, 2.45) is 5.92 Å². The van der Waals surface area contributed by atoms with Crippen LogP contribution in [-0.4, -0.2) is 49.9 Å². The molecule has 9 heteroatoms. The molecule has 8 nitrogen and oxygen atoms in total. The van der Waals surface area contributed by atoms with Crippen molar-refractivity contribution >= 4 is 27.3 Å². The highest BCUT2D eigenvalue weighted by Crippen LogP contribution is 2.49. The lowest BCUT2D eigenvalue weighted by molar-refractivity contribution is -0.117. The average molecular weight is 515 g/mol. The van der Waals surface area contributed by atoms with Crippen LogP contribution in [0, 0.1) is 5.92 Å². The van der Waals surface area contributed by atoms with Crippen LogP contribution < -0.4 is 14.8 Å². The summed E-state index contributed by atoms with van der Waals surface area (Å²) in [4.78, 5) is 28.1. The summed E-state index contributed by atoms with van der Waals surface area (Å²) in [5.74, 6) is 0.546. The van der Waals surface area contributed by atoms with Gasteiger partial charge in [0.05, 0.1) is 35.3 Å². The molecule has 1 saturated carbocycles. The van der Waals surface area contributed by atoms with Crippen molar-refractivity contribution in [3.8, 4) is 11.5 Å². The lowest BCUT2D eigenvalue weighted by Crippen LogP contribution is -2.60. The molecule has 1 aliphatic heterocycles. The van der Waals surface area contributed by atoms with E-state index in [4.69, 9.17) is 9.47 Å². The molecular formula is C27H34N2O6S. The van der Waals surface area contributed by atoms with E-state index in [9.17, 15) is 18.0 Å². The predicted octanol–water partition coefficient (Wildman–Crippen LogP) is 4.14. The Morgan fingerprint density at radius 2 is 1.83 bits per heavy atom. The van der Waals surface area contributed by atoms with Gasteiger partial charge in [0.15, 0.2) is 21.3 Å². The number of nitrogens with zero attached hydrogens (tertiary/aromatic N) is 1. The van der Waals surface area contributed by atoms with E-state index in [1.165, 1.54) is 13.4 Å². The maximum Gasteiger partial charge on any atom is 0.257 e. The summed E-state index contributed by atoms with van der Waals surface area (Å²) >= 11 is 0. The molecule has 1 heterocycles. The minimum Gasteiger partial charge on any atom is -0.493 e. The van der Waals surface area contributed by atoms with Gasteiger partial charge >= 0.3 is 0 Å². The topological polar surface area (TPSA) is 102 Å². The van der Waals surface area contributed by atoms with Crippen LogP contribution >= 0.6 is 0 Å². The quantitative estimate of drug-likeness (QED) is 0.540. The van der Waals surface area contributed by atoms with Gasteiger partial charge < -0.3 is 19.7 Å². The molecule has 0 aromatic heterocycles. The Morgan fingerprint density at radius 1 is 1.14 bits per heavy atom. The zero-order valence-electron chi connectivity index (χ0n) is 21.7. The van der Waals surface area contributed by atoms with E-state index in [1.54, 1.807) is 56.0 Å². The molecule has 0 saturated heterocycles. The summed E-state index contributed by atoms with van der Waals surface area (Å²) in [6.07, 6.45) is 2.88. The van der Waals surface area contributed by atoms with E-state index in [-0.39, 0.29) is 24.3 Å². The number of benzene rings is 2. The molecule has 2 aromatic carbocycles. The Labute approximate surface area is 212 Å². The van der Waals surface area contributed by atoms with Gasteiger partial charge in [-0.15, -0.1) is 0 Å². The number of fused-ring (bicyclic) bond motifs is 1. The fraction of sp³-hybridized carbons (Fsp3) is 0.481. The van der Waals surface area contributed by atoms with Gasteiger partial charge in [0.25, 0.3) is 5.91 Å². The molecule has 1 fully saturated rings. The fourth-order valence-electron chi connectivity index (χ4n) is 4.84. The molecule has 2 aliphatic rings. The number of hydrogen-bond acceptors (Lipinski definition) is 6. The third-order valence-electron chi connectivity index (χ3n) is 7.81. The second-order valence-corrected chi connectivity index (χ2v) is 12.7. The number of sulfone groups is 1. The van der Waals surface area contributed by atoms with Crippen LogP contribution in [0.2, 0.25) is 0 Å². The number of amides is 2. The van der Waals surface area contributed by atoms with Crippen molar-refractivity contribution in [2.75, 3.05) is 25.3 Å². The molecule has 1 aliphatic carbocycles. The first-order valence-corrected chi connectivity index (χ1v) is 14.0. The van der Waals surface area contributed by atoms with E-state index >= 15 is 0 Å². The molecule has 4 rings (SSSR count). The van der Waals surface area contributed by atoms with Gasteiger partial charge in [-0.3, -0.25) is 9.59 Å². The van der Waals surface area contributed by atoms with Crippen molar-refractivity contribution < 1.29 is 27.5 Å². The Kier molecular flexibility index (Phi) is 6.58. The van der Waals surface area contributed by atoms with Gasteiger partial charge in [0.2, 0.25) is 5.91 Å². The number of rotatable bonds is 9. The summed E-state index contributed by atoms with van der Waals surface area (Å²) in [5, 5.41) is 2.92. The molecule has 0 spiro atoms.